The van der Waals surface area contributed by atoms with E-state index in [9.17, 15) is 23.3 Å². The van der Waals surface area contributed by atoms with Gasteiger partial charge < -0.3 is 34.1 Å². The number of allylic oxidation sites excluding steroid dienone is 1. The minimum absolute atomic E-state index is 0.0395. The number of anilines is 2. The number of sulfonamides is 1. The summed E-state index contributed by atoms with van der Waals surface area (Å²) >= 11 is 1.90. The Hall–Kier alpha value is -5.45. The van der Waals surface area contributed by atoms with Crippen molar-refractivity contribution in [3.63, 3.8) is 0 Å². The van der Waals surface area contributed by atoms with Crippen LogP contribution in [0.25, 0.3) is 16.6 Å². The molecule has 4 aliphatic heterocycles. The first-order valence-electron chi connectivity index (χ1n) is 25.2. The molecule has 2 aromatic carbocycles. The molecule has 1 aliphatic carbocycles. The Kier molecular flexibility index (Phi) is 15.3. The summed E-state index contributed by atoms with van der Waals surface area (Å²) in [4.78, 5) is 44.0. The number of likely N-dealkylation sites (tertiary alicyclic amines) is 1. The number of H-pyrrole nitrogens is 1. The zero-order chi connectivity index (χ0) is 49.8. The quantitative estimate of drug-likeness (QED) is 0.0655. The number of hydrogen-bond donors (Lipinski definition) is 3. The molecule has 1 amide bonds. The Bertz CT molecular complexity index is 2880. The highest BCUT2D eigenvalue weighted by atomic mass is 32.2. The summed E-state index contributed by atoms with van der Waals surface area (Å²) in [6, 6.07) is 15.3. The molecular weight excluding hydrogens is 959 g/mol. The molecule has 0 unspecified atom stereocenters. The lowest BCUT2D eigenvalue weighted by Crippen LogP contribution is -2.48. The maximum Gasteiger partial charge on any atom is 0.293 e. The van der Waals surface area contributed by atoms with Gasteiger partial charge in [-0.25, -0.2) is 18.1 Å². The molecule has 72 heavy (non-hydrogen) atoms. The van der Waals surface area contributed by atoms with Crippen molar-refractivity contribution in [3.8, 4) is 11.5 Å². The van der Waals surface area contributed by atoms with Gasteiger partial charge in [-0.15, -0.1) is 11.3 Å². The maximum absolute atomic E-state index is 14.0. The molecule has 10 rings (SSSR count). The van der Waals surface area contributed by atoms with E-state index in [2.05, 4.69) is 64.9 Å². The molecule has 5 aromatic rings. The molecule has 1 atom stereocenters. The summed E-state index contributed by atoms with van der Waals surface area (Å²) in [5, 5.41) is 18.3. The number of aromatic nitrogens is 2. The molecule has 0 spiro atoms. The van der Waals surface area contributed by atoms with E-state index in [1.54, 1.807) is 36.0 Å². The van der Waals surface area contributed by atoms with Gasteiger partial charge in [-0.3, -0.25) is 29.6 Å². The molecule has 7 heterocycles. The van der Waals surface area contributed by atoms with Gasteiger partial charge in [0.1, 0.15) is 22.8 Å². The van der Waals surface area contributed by atoms with Crippen LogP contribution in [0, 0.1) is 15.5 Å². The van der Waals surface area contributed by atoms with E-state index in [-0.39, 0.29) is 35.1 Å². The van der Waals surface area contributed by atoms with Crippen molar-refractivity contribution in [3.05, 3.63) is 104 Å². The summed E-state index contributed by atoms with van der Waals surface area (Å²) < 4.78 is 52.6. The van der Waals surface area contributed by atoms with E-state index in [4.69, 9.17) is 18.9 Å². The fraction of sp³-hybridized carbons (Fsp3) is 0.500. The number of nitrogens with zero attached hydrogens (tertiary/aromatic N) is 6. The van der Waals surface area contributed by atoms with E-state index in [1.807, 2.05) is 17.4 Å². The third-order valence-corrected chi connectivity index (χ3v) is 17.1. The van der Waals surface area contributed by atoms with Crippen molar-refractivity contribution in [2.45, 2.75) is 69.5 Å². The van der Waals surface area contributed by atoms with Gasteiger partial charge in [-0.05, 0) is 110 Å². The van der Waals surface area contributed by atoms with Crippen LogP contribution >= 0.6 is 11.3 Å². The summed E-state index contributed by atoms with van der Waals surface area (Å²) in [6.07, 6.45) is 8.74. The van der Waals surface area contributed by atoms with Crippen molar-refractivity contribution < 1.29 is 37.1 Å². The smallest absolute Gasteiger partial charge is 0.293 e. The third-order valence-electron chi connectivity index (χ3n) is 14.7. The summed E-state index contributed by atoms with van der Waals surface area (Å²) in [5.41, 5.74) is 5.79. The van der Waals surface area contributed by atoms with Crippen LogP contribution < -0.4 is 19.7 Å². The summed E-state index contributed by atoms with van der Waals surface area (Å²) in [7, 11) is -4.59. The van der Waals surface area contributed by atoms with Crippen LogP contribution in [0.1, 0.15) is 66.8 Å². The van der Waals surface area contributed by atoms with Crippen molar-refractivity contribution in [2.24, 2.45) is 5.41 Å². The molecule has 3 aromatic heterocycles. The SMILES string of the molecule is CC1(C)CCC(CN2CCN(c3ccc(C(=O)NS(=O)(=O)c4ccc(NC[C@H]5COCCO5)c([N+](=O)[O-])c4)c(Oc4cnc5[nH]ccc5c4)c3)CC2)=C(c2cc(CN3CCC(N4CCOCC4)CC3)cs2)C1. The highest BCUT2D eigenvalue weighted by Gasteiger charge is 2.32. The third kappa shape index (κ3) is 12.0. The second-order valence-corrected chi connectivity index (χ2v) is 22.9. The first-order chi connectivity index (χ1) is 34.8. The van der Waals surface area contributed by atoms with E-state index in [0.717, 1.165) is 115 Å². The zero-order valence-corrected chi connectivity index (χ0v) is 42.7. The number of pyridine rings is 1. The lowest BCUT2D eigenvalue weighted by molar-refractivity contribution is -0.384. The summed E-state index contributed by atoms with van der Waals surface area (Å²) in [5.74, 6) is -0.476. The molecule has 3 N–H and O–H groups in total. The number of nitrogens with one attached hydrogen (secondary N) is 3. The van der Waals surface area contributed by atoms with Crippen LogP contribution in [0.2, 0.25) is 0 Å². The number of hydrogen-bond acceptors (Lipinski definition) is 16. The number of thiophene rings is 1. The number of fused-ring (bicyclic) bond motifs is 1. The molecule has 4 fully saturated rings. The van der Waals surface area contributed by atoms with Crippen molar-refractivity contribution in [2.75, 3.05) is 109 Å². The molecular formula is C52H65N9O9S2. The largest absolute Gasteiger partial charge is 0.455 e. The number of aromatic amines is 1. The van der Waals surface area contributed by atoms with E-state index < -0.39 is 31.4 Å². The van der Waals surface area contributed by atoms with Gasteiger partial charge in [-0.2, -0.15) is 0 Å². The topological polar surface area (TPSA) is 197 Å². The fourth-order valence-corrected chi connectivity index (χ4v) is 12.6. The number of morpholine rings is 1. The molecule has 18 nitrogen and oxygen atoms in total. The zero-order valence-electron chi connectivity index (χ0n) is 41.1. The predicted octanol–water partition coefficient (Wildman–Crippen LogP) is 7.35. The number of benzene rings is 2. The Morgan fingerprint density at radius 2 is 1.75 bits per heavy atom. The molecule has 0 radical (unpaired) electrons. The second kappa shape index (κ2) is 21.9. The number of carbonyl (C=O) groups excluding carboxylic acids is 1. The number of amides is 1. The average molecular weight is 1020 g/mol. The number of carbonyl (C=O) groups is 1. The molecule has 4 saturated heterocycles. The first-order valence-corrected chi connectivity index (χ1v) is 27.5. The number of nitro benzene ring substituents is 1. The molecule has 0 bridgehead atoms. The number of ether oxygens (including phenoxy) is 4. The van der Waals surface area contributed by atoms with Gasteiger partial charge in [0.2, 0.25) is 0 Å². The molecule has 0 saturated carbocycles. The van der Waals surface area contributed by atoms with Gasteiger partial charge in [-0.1, -0.05) is 19.4 Å². The van der Waals surface area contributed by atoms with Crippen LogP contribution in [0.15, 0.2) is 82.8 Å². The second-order valence-electron chi connectivity index (χ2n) is 20.3. The van der Waals surface area contributed by atoms with E-state index in [1.165, 1.54) is 47.2 Å². The van der Waals surface area contributed by atoms with Gasteiger partial charge in [0, 0.05) is 99.2 Å². The van der Waals surface area contributed by atoms with Crippen LogP contribution in [-0.4, -0.2) is 155 Å². The van der Waals surface area contributed by atoms with Crippen molar-refractivity contribution in [1.82, 2.24) is 29.4 Å². The normalized spacial score (nSPS) is 21.0. The van der Waals surface area contributed by atoms with Crippen LogP contribution in [0.4, 0.5) is 17.1 Å². The van der Waals surface area contributed by atoms with Crippen LogP contribution in [0.3, 0.4) is 0 Å². The van der Waals surface area contributed by atoms with Crippen molar-refractivity contribution >= 4 is 60.9 Å². The highest BCUT2D eigenvalue weighted by Crippen LogP contribution is 2.45. The minimum Gasteiger partial charge on any atom is -0.455 e. The highest BCUT2D eigenvalue weighted by molar-refractivity contribution is 7.90. The average Bonchev–Trinajstić information content (AvgIpc) is 4.07. The van der Waals surface area contributed by atoms with Gasteiger partial charge in [0.25, 0.3) is 21.6 Å². The molecule has 20 heteroatoms. The van der Waals surface area contributed by atoms with Crippen LogP contribution in [-0.2, 0) is 30.8 Å². The minimum atomic E-state index is -4.59. The van der Waals surface area contributed by atoms with Gasteiger partial charge in [0.15, 0.2) is 0 Å². The maximum atomic E-state index is 14.0. The lowest BCUT2D eigenvalue weighted by Gasteiger charge is -2.40. The summed E-state index contributed by atoms with van der Waals surface area (Å²) in [6.45, 7) is 17.4. The Morgan fingerprint density at radius 3 is 2.53 bits per heavy atom. The number of nitro groups is 1. The standard InChI is InChI=1S/C52H65N9O9S2/c1-52(2)11-7-38(45(29-52)49-25-36(35-71-49)32-57-13-9-39(10-14-57)60-19-21-67-22-20-60)33-58-15-17-59(18-16-58)40-3-5-44(48(27-40)70-41-26-37-8-12-53-50(37)55-30-41)51(62)56-72(65,66)43-4-6-46(47(28-43)61(63)64)54-31-42-34-68-23-24-69-42/h3-6,8,12,25-28,30,35,39,42,54H,7,9-11,13-24,29,31-34H2,1-2H3,(H,53,55)(H,56,62)/t42-/m0/s1. The number of piperazine rings is 1. The van der Waals surface area contributed by atoms with Crippen molar-refractivity contribution in [1.29, 1.82) is 0 Å². The predicted molar refractivity (Wildman–Crippen MR) is 278 cm³/mol. The number of rotatable bonds is 16. The monoisotopic (exact) mass is 1020 g/mol. The molecule has 5 aliphatic rings. The van der Waals surface area contributed by atoms with E-state index >= 15 is 0 Å². The Morgan fingerprint density at radius 1 is 0.944 bits per heavy atom. The van der Waals surface area contributed by atoms with Crippen LogP contribution in [0.5, 0.6) is 11.5 Å². The van der Waals surface area contributed by atoms with Gasteiger partial charge >= 0.3 is 0 Å². The fourth-order valence-electron chi connectivity index (χ4n) is 10.6. The van der Waals surface area contributed by atoms with E-state index in [0.29, 0.717) is 37.3 Å². The Balaban J connectivity index is 0.816. The Labute approximate surface area is 424 Å². The molecule has 384 valence electrons. The first kappa shape index (κ1) is 50.1. The number of piperidine rings is 1. The lowest BCUT2D eigenvalue weighted by atomic mass is 9.73. The van der Waals surface area contributed by atoms with Gasteiger partial charge in [0.05, 0.1) is 60.7 Å².